The molecule has 3 rings (SSSR count). The van der Waals surface area contributed by atoms with Gasteiger partial charge in [-0.15, -0.1) is 0 Å². The van der Waals surface area contributed by atoms with Crippen LogP contribution in [0.3, 0.4) is 0 Å². The predicted octanol–water partition coefficient (Wildman–Crippen LogP) is 2.55. The van der Waals surface area contributed by atoms with Crippen LogP contribution in [-0.2, 0) is 16.1 Å². The van der Waals surface area contributed by atoms with Gasteiger partial charge in [0, 0.05) is 37.8 Å². The molecule has 0 bridgehead atoms. The fraction of sp³-hybridized carbons (Fsp3) is 0.300. The number of hydrogen-bond donors (Lipinski definition) is 2. The summed E-state index contributed by atoms with van der Waals surface area (Å²) in [6.45, 7) is 3.97. The highest BCUT2D eigenvalue weighted by Gasteiger charge is 2.20. The van der Waals surface area contributed by atoms with Crippen LogP contribution in [0.15, 0.2) is 42.5 Å². The Balaban J connectivity index is 1.82. The fourth-order valence-electron chi connectivity index (χ4n) is 2.98. The zero-order valence-electron chi connectivity index (χ0n) is 15.1. The average molecular weight is 371 g/mol. The minimum absolute atomic E-state index is 0.0987. The number of nitrogens with one attached hydrogen (secondary N) is 2. The maximum Gasteiger partial charge on any atom is 0.253 e. The molecule has 0 aromatic heterocycles. The fourth-order valence-corrected chi connectivity index (χ4v) is 2.98. The predicted molar refractivity (Wildman–Crippen MR) is 101 cm³/mol. The van der Waals surface area contributed by atoms with E-state index < -0.39 is 0 Å². The SMILES string of the molecule is CC(=O)Nc1ccc(C(=O)NCc2ccccc2F)c(N2CCOCC2)c1. The van der Waals surface area contributed by atoms with E-state index >= 15 is 0 Å². The number of halogens is 1. The van der Waals surface area contributed by atoms with E-state index in [9.17, 15) is 14.0 Å². The Labute approximate surface area is 157 Å². The number of rotatable bonds is 5. The number of ether oxygens (including phenoxy) is 1. The molecule has 1 aliphatic heterocycles. The molecule has 0 saturated carbocycles. The molecular formula is C20H22FN3O3. The van der Waals surface area contributed by atoms with E-state index in [2.05, 4.69) is 10.6 Å². The Morgan fingerprint density at radius 2 is 1.89 bits per heavy atom. The van der Waals surface area contributed by atoms with Gasteiger partial charge in [-0.25, -0.2) is 4.39 Å². The van der Waals surface area contributed by atoms with E-state index in [1.807, 2.05) is 4.90 Å². The topological polar surface area (TPSA) is 70.7 Å². The van der Waals surface area contributed by atoms with Gasteiger partial charge in [-0.2, -0.15) is 0 Å². The molecule has 7 heteroatoms. The van der Waals surface area contributed by atoms with Crippen LogP contribution in [0.4, 0.5) is 15.8 Å². The lowest BCUT2D eigenvalue weighted by Crippen LogP contribution is -2.38. The molecule has 1 fully saturated rings. The van der Waals surface area contributed by atoms with E-state index in [1.165, 1.54) is 13.0 Å². The summed E-state index contributed by atoms with van der Waals surface area (Å²) in [4.78, 5) is 26.1. The van der Waals surface area contributed by atoms with Gasteiger partial charge in [0.1, 0.15) is 5.82 Å². The highest BCUT2D eigenvalue weighted by molar-refractivity contribution is 6.01. The number of amides is 2. The number of nitrogens with zero attached hydrogens (tertiary/aromatic N) is 1. The van der Waals surface area contributed by atoms with Crippen molar-refractivity contribution < 1.29 is 18.7 Å². The number of carbonyl (C=O) groups excluding carboxylic acids is 2. The second kappa shape index (κ2) is 8.64. The van der Waals surface area contributed by atoms with Crippen LogP contribution in [0.2, 0.25) is 0 Å². The zero-order valence-corrected chi connectivity index (χ0v) is 15.1. The normalized spacial score (nSPS) is 13.9. The Kier molecular flexibility index (Phi) is 6.03. The molecule has 0 atom stereocenters. The van der Waals surface area contributed by atoms with Crippen molar-refractivity contribution in [2.75, 3.05) is 36.5 Å². The molecule has 1 aliphatic rings. The summed E-state index contributed by atoms with van der Waals surface area (Å²) in [5, 5.41) is 5.51. The van der Waals surface area contributed by atoms with Crippen molar-refractivity contribution in [3.05, 3.63) is 59.4 Å². The third kappa shape index (κ3) is 4.83. The van der Waals surface area contributed by atoms with Crippen molar-refractivity contribution in [1.82, 2.24) is 5.32 Å². The Morgan fingerprint density at radius 1 is 1.15 bits per heavy atom. The average Bonchev–Trinajstić information content (AvgIpc) is 2.67. The second-order valence-electron chi connectivity index (χ2n) is 6.29. The molecule has 0 radical (unpaired) electrons. The van der Waals surface area contributed by atoms with Crippen molar-refractivity contribution >= 4 is 23.2 Å². The minimum Gasteiger partial charge on any atom is -0.378 e. The summed E-state index contributed by atoms with van der Waals surface area (Å²) >= 11 is 0. The molecule has 2 N–H and O–H groups in total. The first kappa shape index (κ1) is 18.8. The number of anilines is 2. The summed E-state index contributed by atoms with van der Waals surface area (Å²) in [7, 11) is 0. The number of hydrogen-bond acceptors (Lipinski definition) is 4. The Morgan fingerprint density at radius 3 is 2.59 bits per heavy atom. The standard InChI is InChI=1S/C20H22FN3O3/c1-14(25)23-16-6-7-17(19(12-16)24-8-10-27-11-9-24)20(26)22-13-15-4-2-3-5-18(15)21/h2-7,12H,8-11,13H2,1H3,(H,22,26)(H,23,25). The van der Waals surface area contributed by atoms with Gasteiger partial charge in [-0.3, -0.25) is 9.59 Å². The first-order valence-corrected chi connectivity index (χ1v) is 8.80. The van der Waals surface area contributed by atoms with Gasteiger partial charge in [0.25, 0.3) is 5.91 Å². The van der Waals surface area contributed by atoms with Crippen molar-refractivity contribution in [2.24, 2.45) is 0 Å². The van der Waals surface area contributed by atoms with Crippen LogP contribution in [-0.4, -0.2) is 38.1 Å². The lowest BCUT2D eigenvalue weighted by Gasteiger charge is -2.30. The number of morpholine rings is 1. The molecule has 6 nitrogen and oxygen atoms in total. The lowest BCUT2D eigenvalue weighted by molar-refractivity contribution is -0.114. The van der Waals surface area contributed by atoms with Crippen molar-refractivity contribution in [2.45, 2.75) is 13.5 Å². The van der Waals surface area contributed by atoms with Gasteiger partial charge < -0.3 is 20.3 Å². The molecule has 0 unspecified atom stereocenters. The summed E-state index contributed by atoms with van der Waals surface area (Å²) in [5.41, 5.74) is 2.24. The minimum atomic E-state index is -0.354. The van der Waals surface area contributed by atoms with Gasteiger partial charge in [-0.1, -0.05) is 18.2 Å². The summed E-state index contributed by atoms with van der Waals surface area (Å²) in [6.07, 6.45) is 0. The van der Waals surface area contributed by atoms with E-state index in [4.69, 9.17) is 4.74 Å². The monoisotopic (exact) mass is 371 g/mol. The van der Waals surface area contributed by atoms with Gasteiger partial charge in [0.2, 0.25) is 5.91 Å². The molecule has 1 heterocycles. The first-order chi connectivity index (χ1) is 13.0. The van der Waals surface area contributed by atoms with E-state index in [0.717, 1.165) is 5.69 Å². The molecule has 27 heavy (non-hydrogen) atoms. The summed E-state index contributed by atoms with van der Waals surface area (Å²) < 4.78 is 19.2. The van der Waals surface area contributed by atoms with Crippen LogP contribution >= 0.6 is 0 Å². The molecule has 2 amide bonds. The van der Waals surface area contributed by atoms with Crippen LogP contribution in [0, 0.1) is 5.82 Å². The van der Waals surface area contributed by atoms with Crippen molar-refractivity contribution in [3.63, 3.8) is 0 Å². The maximum absolute atomic E-state index is 13.8. The number of carbonyl (C=O) groups is 2. The molecule has 2 aromatic carbocycles. The van der Waals surface area contributed by atoms with E-state index in [1.54, 1.807) is 36.4 Å². The highest BCUT2D eigenvalue weighted by Crippen LogP contribution is 2.26. The Hall–Kier alpha value is -2.93. The van der Waals surface area contributed by atoms with E-state index in [0.29, 0.717) is 43.1 Å². The Bertz CT molecular complexity index is 835. The largest absolute Gasteiger partial charge is 0.378 e. The zero-order chi connectivity index (χ0) is 19.2. The lowest BCUT2D eigenvalue weighted by atomic mass is 10.1. The van der Waals surface area contributed by atoms with Crippen LogP contribution in [0.1, 0.15) is 22.8 Å². The first-order valence-electron chi connectivity index (χ1n) is 8.80. The summed E-state index contributed by atoms with van der Waals surface area (Å²) in [5.74, 6) is -0.832. The van der Waals surface area contributed by atoms with Gasteiger partial charge in [0.05, 0.1) is 24.5 Å². The van der Waals surface area contributed by atoms with Crippen LogP contribution in [0.5, 0.6) is 0 Å². The van der Waals surface area contributed by atoms with Gasteiger partial charge >= 0.3 is 0 Å². The highest BCUT2D eigenvalue weighted by atomic mass is 19.1. The number of benzene rings is 2. The molecule has 2 aromatic rings. The summed E-state index contributed by atoms with van der Waals surface area (Å²) in [6, 6.07) is 11.5. The quantitative estimate of drug-likeness (QED) is 0.847. The molecule has 142 valence electrons. The molecule has 0 aliphatic carbocycles. The van der Waals surface area contributed by atoms with E-state index in [-0.39, 0.29) is 24.2 Å². The van der Waals surface area contributed by atoms with Gasteiger partial charge in [0.15, 0.2) is 0 Å². The molecule has 0 spiro atoms. The smallest absolute Gasteiger partial charge is 0.253 e. The van der Waals surface area contributed by atoms with Crippen molar-refractivity contribution in [1.29, 1.82) is 0 Å². The van der Waals surface area contributed by atoms with Crippen molar-refractivity contribution in [3.8, 4) is 0 Å². The second-order valence-corrected chi connectivity index (χ2v) is 6.29. The maximum atomic E-state index is 13.8. The van der Waals surface area contributed by atoms with Crippen LogP contribution in [0.25, 0.3) is 0 Å². The molecular weight excluding hydrogens is 349 g/mol. The molecule has 1 saturated heterocycles. The third-order valence-electron chi connectivity index (χ3n) is 4.31. The van der Waals surface area contributed by atoms with Crippen LogP contribution < -0.4 is 15.5 Å². The third-order valence-corrected chi connectivity index (χ3v) is 4.31. The van der Waals surface area contributed by atoms with Gasteiger partial charge in [-0.05, 0) is 24.3 Å².